The smallest absolute Gasteiger partial charge is 0.163 e. The van der Waals surface area contributed by atoms with Crippen LogP contribution in [0.1, 0.15) is 5.56 Å². The summed E-state index contributed by atoms with van der Waals surface area (Å²) in [6.45, 7) is 0.420. The summed E-state index contributed by atoms with van der Waals surface area (Å²) < 4.78 is 1.71. The molecule has 2 heterocycles. The summed E-state index contributed by atoms with van der Waals surface area (Å²) >= 11 is 1.68. The van der Waals surface area contributed by atoms with Gasteiger partial charge in [0.15, 0.2) is 5.65 Å². The van der Waals surface area contributed by atoms with Gasteiger partial charge in [0.05, 0.1) is 11.6 Å². The highest BCUT2D eigenvalue weighted by atomic mass is 32.2. The van der Waals surface area contributed by atoms with Crippen molar-refractivity contribution in [2.75, 3.05) is 0 Å². The van der Waals surface area contributed by atoms with E-state index < -0.39 is 0 Å². The van der Waals surface area contributed by atoms with Crippen LogP contribution in [0.15, 0.2) is 47.9 Å². The lowest BCUT2D eigenvalue weighted by Gasteiger charge is -2.02. The molecule has 0 N–H and O–H groups in total. The van der Waals surface area contributed by atoms with Gasteiger partial charge < -0.3 is 0 Å². The highest BCUT2D eigenvalue weighted by molar-refractivity contribution is 7.98. The molecule has 0 bridgehead atoms. The largest absolute Gasteiger partial charge is 0.235 e. The number of nitrogens with zero attached hydrogens (tertiary/aromatic N) is 4. The lowest BCUT2D eigenvalue weighted by molar-refractivity contribution is 0.732. The van der Waals surface area contributed by atoms with Crippen molar-refractivity contribution in [3.05, 3.63) is 48.4 Å². The minimum absolute atomic E-state index is 0.420. The standard InChI is InChI=1S/C15H12N4S/c1-2-8-19-14-13(9-18-19)15(17-11-16-14)20-10-12-6-4-3-5-7-12/h1,3-7,9,11H,8,10H2. The Morgan fingerprint density at radius 2 is 2.05 bits per heavy atom. The summed E-state index contributed by atoms with van der Waals surface area (Å²) in [7, 11) is 0. The van der Waals surface area contributed by atoms with E-state index in [4.69, 9.17) is 6.42 Å². The lowest BCUT2D eigenvalue weighted by Crippen LogP contribution is -1.99. The van der Waals surface area contributed by atoms with E-state index in [1.54, 1.807) is 29.0 Å². The van der Waals surface area contributed by atoms with Gasteiger partial charge >= 0.3 is 0 Å². The Balaban J connectivity index is 1.87. The van der Waals surface area contributed by atoms with Gasteiger partial charge in [0.1, 0.15) is 17.9 Å². The number of hydrogen-bond donors (Lipinski definition) is 0. The number of aromatic nitrogens is 4. The van der Waals surface area contributed by atoms with Gasteiger partial charge in [-0.3, -0.25) is 0 Å². The fourth-order valence-electron chi connectivity index (χ4n) is 1.91. The predicted octanol–water partition coefficient (Wildman–Crippen LogP) is 2.75. The Morgan fingerprint density at radius 1 is 1.20 bits per heavy atom. The summed E-state index contributed by atoms with van der Waals surface area (Å²) in [6, 6.07) is 10.3. The van der Waals surface area contributed by atoms with Gasteiger partial charge in [0.2, 0.25) is 0 Å². The Labute approximate surface area is 121 Å². The van der Waals surface area contributed by atoms with Crippen LogP contribution in [0, 0.1) is 12.3 Å². The maximum Gasteiger partial charge on any atom is 0.163 e. The molecule has 1 aromatic carbocycles. The molecule has 0 saturated carbocycles. The van der Waals surface area contributed by atoms with Gasteiger partial charge in [-0.15, -0.1) is 18.2 Å². The second-order valence-corrected chi connectivity index (χ2v) is 5.16. The second-order valence-electron chi connectivity index (χ2n) is 4.20. The third-order valence-corrected chi connectivity index (χ3v) is 3.93. The molecule has 20 heavy (non-hydrogen) atoms. The number of benzene rings is 1. The first kappa shape index (κ1) is 12.7. The zero-order valence-electron chi connectivity index (χ0n) is 10.7. The molecule has 5 heteroatoms. The maximum atomic E-state index is 5.32. The molecular weight excluding hydrogens is 268 g/mol. The first-order valence-corrected chi connectivity index (χ1v) is 7.14. The predicted molar refractivity (Wildman–Crippen MR) is 80.2 cm³/mol. The van der Waals surface area contributed by atoms with E-state index in [0.717, 1.165) is 21.8 Å². The zero-order valence-corrected chi connectivity index (χ0v) is 11.5. The van der Waals surface area contributed by atoms with Crippen LogP contribution in [0.5, 0.6) is 0 Å². The van der Waals surface area contributed by atoms with E-state index in [1.165, 1.54) is 5.56 Å². The van der Waals surface area contributed by atoms with Crippen molar-refractivity contribution in [2.45, 2.75) is 17.3 Å². The maximum absolute atomic E-state index is 5.32. The highest BCUT2D eigenvalue weighted by Crippen LogP contribution is 2.26. The molecule has 0 radical (unpaired) electrons. The fraction of sp³-hybridized carbons (Fsp3) is 0.133. The minimum atomic E-state index is 0.420. The Hall–Kier alpha value is -2.32. The van der Waals surface area contributed by atoms with Crippen LogP contribution >= 0.6 is 11.8 Å². The monoisotopic (exact) mass is 280 g/mol. The third-order valence-electron chi connectivity index (χ3n) is 2.86. The number of hydrogen-bond acceptors (Lipinski definition) is 4. The van der Waals surface area contributed by atoms with Crippen molar-refractivity contribution >= 4 is 22.8 Å². The van der Waals surface area contributed by atoms with Crippen molar-refractivity contribution in [2.24, 2.45) is 0 Å². The zero-order chi connectivity index (χ0) is 13.8. The van der Waals surface area contributed by atoms with Gasteiger partial charge in [-0.05, 0) is 5.56 Å². The van der Waals surface area contributed by atoms with Crippen molar-refractivity contribution in [1.82, 2.24) is 19.7 Å². The van der Waals surface area contributed by atoms with Crippen LogP contribution < -0.4 is 0 Å². The Morgan fingerprint density at radius 3 is 2.85 bits per heavy atom. The van der Waals surface area contributed by atoms with E-state index in [9.17, 15) is 0 Å². The first-order valence-electron chi connectivity index (χ1n) is 6.15. The fourth-order valence-corrected chi connectivity index (χ4v) is 2.83. The molecule has 0 fully saturated rings. The number of thioether (sulfide) groups is 1. The molecule has 0 atom stereocenters. The van der Waals surface area contributed by atoms with E-state index in [1.807, 2.05) is 18.2 Å². The average Bonchev–Trinajstić information content (AvgIpc) is 2.91. The van der Waals surface area contributed by atoms with Crippen molar-refractivity contribution < 1.29 is 0 Å². The molecule has 0 amide bonds. The Kier molecular flexibility index (Phi) is 3.66. The van der Waals surface area contributed by atoms with Gasteiger partial charge in [0, 0.05) is 5.75 Å². The molecule has 0 saturated heterocycles. The van der Waals surface area contributed by atoms with Gasteiger partial charge in [-0.2, -0.15) is 5.10 Å². The normalized spacial score (nSPS) is 10.6. The van der Waals surface area contributed by atoms with Crippen molar-refractivity contribution in [1.29, 1.82) is 0 Å². The summed E-state index contributed by atoms with van der Waals surface area (Å²) in [5.41, 5.74) is 2.05. The molecule has 0 unspecified atom stereocenters. The van der Waals surface area contributed by atoms with Crippen LogP contribution in [0.3, 0.4) is 0 Å². The number of terminal acetylenes is 1. The summed E-state index contributed by atoms with van der Waals surface area (Å²) in [5.74, 6) is 3.44. The molecule has 0 aliphatic carbocycles. The van der Waals surface area contributed by atoms with Gasteiger partial charge in [0.25, 0.3) is 0 Å². The van der Waals surface area contributed by atoms with E-state index in [2.05, 4.69) is 33.1 Å². The van der Waals surface area contributed by atoms with Crippen LogP contribution in [-0.4, -0.2) is 19.7 Å². The highest BCUT2D eigenvalue weighted by Gasteiger charge is 2.09. The molecule has 0 aliphatic heterocycles. The summed E-state index contributed by atoms with van der Waals surface area (Å²) in [4.78, 5) is 8.60. The Bertz CT molecular complexity index is 758. The number of fused-ring (bicyclic) bond motifs is 1. The second kappa shape index (κ2) is 5.76. The van der Waals surface area contributed by atoms with Crippen LogP contribution in [0.25, 0.3) is 11.0 Å². The molecule has 98 valence electrons. The topological polar surface area (TPSA) is 43.6 Å². The van der Waals surface area contributed by atoms with Crippen LogP contribution in [-0.2, 0) is 12.3 Å². The molecule has 0 spiro atoms. The van der Waals surface area contributed by atoms with Crippen LogP contribution in [0.4, 0.5) is 0 Å². The summed E-state index contributed by atoms with van der Waals surface area (Å²) in [5, 5.41) is 6.14. The minimum Gasteiger partial charge on any atom is -0.235 e. The molecule has 3 rings (SSSR count). The van der Waals surface area contributed by atoms with Crippen molar-refractivity contribution in [3.8, 4) is 12.3 Å². The molecule has 2 aromatic heterocycles. The van der Waals surface area contributed by atoms with Gasteiger partial charge in [-0.25, -0.2) is 14.6 Å². The van der Waals surface area contributed by atoms with E-state index in [-0.39, 0.29) is 0 Å². The van der Waals surface area contributed by atoms with Gasteiger partial charge in [-0.1, -0.05) is 36.3 Å². The molecule has 4 nitrogen and oxygen atoms in total. The molecular formula is C15H12N4S. The molecule has 0 aliphatic rings. The number of rotatable bonds is 4. The quantitative estimate of drug-likeness (QED) is 0.419. The van der Waals surface area contributed by atoms with Crippen molar-refractivity contribution in [3.63, 3.8) is 0 Å². The summed E-state index contributed by atoms with van der Waals surface area (Å²) in [6.07, 6.45) is 8.66. The van der Waals surface area contributed by atoms with E-state index >= 15 is 0 Å². The van der Waals surface area contributed by atoms with Crippen LogP contribution in [0.2, 0.25) is 0 Å². The average molecular weight is 280 g/mol. The SMILES string of the molecule is C#CCn1ncc2c(SCc3ccccc3)ncnc21. The van der Waals surface area contributed by atoms with E-state index in [0.29, 0.717) is 6.54 Å². The first-order chi connectivity index (χ1) is 9.88. The lowest BCUT2D eigenvalue weighted by atomic mass is 10.2. The molecule has 3 aromatic rings. The third kappa shape index (κ3) is 2.51.